The van der Waals surface area contributed by atoms with E-state index < -0.39 is 0 Å². The maximum Gasteiger partial charge on any atom is 0.267 e. The molecule has 1 aliphatic heterocycles. The number of hydrogen-bond acceptors (Lipinski definition) is 5. The number of nitrogens with zero attached hydrogens (tertiary/aromatic N) is 4. The van der Waals surface area contributed by atoms with E-state index in [4.69, 9.17) is 0 Å². The molecule has 3 heterocycles. The molecule has 3 aromatic rings. The van der Waals surface area contributed by atoms with Crippen LogP contribution in [0.3, 0.4) is 0 Å². The molecule has 126 valence electrons. The molecule has 1 N–H and O–H groups in total. The average molecular weight is 353 g/mol. The fraction of sp³-hybridized carbons (Fsp3) is 0.176. The third kappa shape index (κ3) is 3.34. The van der Waals surface area contributed by atoms with E-state index in [9.17, 15) is 9.59 Å². The standard InChI is InChI=1S/C17H15N5O2S/c23-15(11-22-16(24)2-1-7-18-22)19-13-5-3-12(4-6-13)14-10-21-8-9-25-17(21)20-14/h1-7,10H,8-9,11H2,(H,19,23). The van der Waals surface area contributed by atoms with Crippen LogP contribution in [0.5, 0.6) is 0 Å². The molecular formula is C17H15N5O2S. The first-order chi connectivity index (χ1) is 12.2. The monoisotopic (exact) mass is 353 g/mol. The van der Waals surface area contributed by atoms with Crippen LogP contribution < -0.4 is 10.9 Å². The van der Waals surface area contributed by atoms with Crippen molar-refractivity contribution in [3.05, 3.63) is 59.1 Å². The van der Waals surface area contributed by atoms with Crippen molar-refractivity contribution in [2.75, 3.05) is 11.1 Å². The van der Waals surface area contributed by atoms with Crippen molar-refractivity contribution in [2.24, 2.45) is 0 Å². The third-order valence-corrected chi connectivity index (χ3v) is 4.82. The lowest BCUT2D eigenvalue weighted by molar-refractivity contribution is -0.117. The maximum atomic E-state index is 12.1. The molecule has 1 aromatic carbocycles. The molecule has 7 nitrogen and oxygen atoms in total. The van der Waals surface area contributed by atoms with Gasteiger partial charge in [-0.2, -0.15) is 5.10 Å². The minimum atomic E-state index is -0.307. The number of fused-ring (bicyclic) bond motifs is 1. The number of nitrogens with one attached hydrogen (secondary N) is 1. The van der Waals surface area contributed by atoms with Gasteiger partial charge < -0.3 is 9.88 Å². The molecular weight excluding hydrogens is 338 g/mol. The smallest absolute Gasteiger partial charge is 0.267 e. The van der Waals surface area contributed by atoms with Gasteiger partial charge in [-0.25, -0.2) is 9.67 Å². The first-order valence-electron chi connectivity index (χ1n) is 7.81. The lowest BCUT2D eigenvalue weighted by atomic mass is 10.1. The largest absolute Gasteiger partial charge is 0.325 e. The second-order valence-corrected chi connectivity index (χ2v) is 6.66. The summed E-state index contributed by atoms with van der Waals surface area (Å²) in [6, 6.07) is 10.4. The van der Waals surface area contributed by atoms with Crippen molar-refractivity contribution in [2.45, 2.75) is 18.2 Å². The number of carbonyl (C=O) groups is 1. The molecule has 25 heavy (non-hydrogen) atoms. The van der Waals surface area contributed by atoms with Crippen LogP contribution in [0.15, 0.2) is 58.7 Å². The van der Waals surface area contributed by atoms with E-state index in [1.165, 1.54) is 12.3 Å². The van der Waals surface area contributed by atoms with Crippen molar-refractivity contribution < 1.29 is 4.79 Å². The number of anilines is 1. The fourth-order valence-corrected chi connectivity index (χ4v) is 3.56. The van der Waals surface area contributed by atoms with E-state index >= 15 is 0 Å². The van der Waals surface area contributed by atoms with Crippen LogP contribution >= 0.6 is 11.8 Å². The Morgan fingerprint density at radius 1 is 1.24 bits per heavy atom. The number of carbonyl (C=O) groups excluding carboxylic acids is 1. The Balaban J connectivity index is 1.44. The van der Waals surface area contributed by atoms with Crippen molar-refractivity contribution in [1.82, 2.24) is 19.3 Å². The van der Waals surface area contributed by atoms with Gasteiger partial charge in [-0.3, -0.25) is 9.59 Å². The molecule has 0 saturated carbocycles. The van der Waals surface area contributed by atoms with E-state index in [-0.39, 0.29) is 18.0 Å². The number of aryl methyl sites for hydroxylation is 1. The Kier molecular flexibility index (Phi) is 4.10. The first kappa shape index (κ1) is 15.6. The molecule has 2 aromatic heterocycles. The van der Waals surface area contributed by atoms with Gasteiger partial charge in [0.1, 0.15) is 6.54 Å². The molecule has 0 atom stereocenters. The Labute approximate surface area is 147 Å². The number of hydrogen-bond donors (Lipinski definition) is 1. The van der Waals surface area contributed by atoms with Gasteiger partial charge in [-0.1, -0.05) is 23.9 Å². The Morgan fingerprint density at radius 3 is 2.84 bits per heavy atom. The Morgan fingerprint density at radius 2 is 2.08 bits per heavy atom. The molecule has 1 aliphatic rings. The summed E-state index contributed by atoms with van der Waals surface area (Å²) >= 11 is 1.76. The minimum Gasteiger partial charge on any atom is -0.325 e. The Bertz CT molecular complexity index is 956. The molecule has 8 heteroatoms. The number of rotatable bonds is 4. The number of aromatic nitrogens is 4. The van der Waals surface area contributed by atoms with Crippen LogP contribution in [0.25, 0.3) is 11.3 Å². The van der Waals surface area contributed by atoms with Crippen LogP contribution in [-0.4, -0.2) is 31.0 Å². The quantitative estimate of drug-likeness (QED) is 0.774. The topological polar surface area (TPSA) is 81.8 Å². The Hall–Kier alpha value is -2.87. The SMILES string of the molecule is O=C(Cn1ncccc1=O)Nc1ccc(-c2cn3c(n2)SCC3)cc1. The molecule has 0 aliphatic carbocycles. The van der Waals surface area contributed by atoms with Gasteiger partial charge in [0, 0.05) is 42.0 Å². The van der Waals surface area contributed by atoms with Crippen LogP contribution in [-0.2, 0) is 17.9 Å². The molecule has 0 saturated heterocycles. The van der Waals surface area contributed by atoms with Gasteiger partial charge in [0.15, 0.2) is 5.16 Å². The van der Waals surface area contributed by atoms with E-state index in [2.05, 4.69) is 26.2 Å². The molecule has 1 amide bonds. The summed E-state index contributed by atoms with van der Waals surface area (Å²) in [5.74, 6) is 0.776. The summed E-state index contributed by atoms with van der Waals surface area (Å²) in [5.41, 5.74) is 2.29. The summed E-state index contributed by atoms with van der Waals surface area (Å²) in [6.07, 6.45) is 3.53. The summed E-state index contributed by atoms with van der Waals surface area (Å²) in [4.78, 5) is 28.2. The van der Waals surface area contributed by atoms with E-state index in [1.807, 2.05) is 24.3 Å². The molecule has 0 radical (unpaired) electrons. The summed E-state index contributed by atoms with van der Waals surface area (Å²) < 4.78 is 3.27. The zero-order valence-corrected chi connectivity index (χ0v) is 14.1. The predicted octanol–water partition coefficient (Wildman–Crippen LogP) is 1.85. The van der Waals surface area contributed by atoms with Crippen molar-refractivity contribution in [3.8, 4) is 11.3 Å². The van der Waals surface area contributed by atoms with Crippen LogP contribution in [0.4, 0.5) is 5.69 Å². The van der Waals surface area contributed by atoms with Gasteiger partial charge in [0.05, 0.1) is 5.69 Å². The lowest BCUT2D eigenvalue weighted by Crippen LogP contribution is -2.28. The summed E-state index contributed by atoms with van der Waals surface area (Å²) in [5, 5.41) is 7.68. The normalized spacial score (nSPS) is 12.8. The van der Waals surface area contributed by atoms with Gasteiger partial charge in [-0.05, 0) is 18.2 Å². The minimum absolute atomic E-state index is 0.119. The summed E-state index contributed by atoms with van der Waals surface area (Å²) in [7, 11) is 0. The predicted molar refractivity (Wildman–Crippen MR) is 95.5 cm³/mol. The van der Waals surface area contributed by atoms with Crippen molar-refractivity contribution in [3.63, 3.8) is 0 Å². The van der Waals surface area contributed by atoms with Crippen LogP contribution in [0.2, 0.25) is 0 Å². The van der Waals surface area contributed by atoms with Crippen molar-refractivity contribution in [1.29, 1.82) is 0 Å². The number of imidazole rings is 1. The zero-order valence-electron chi connectivity index (χ0n) is 13.3. The number of benzene rings is 1. The second kappa shape index (κ2) is 6.56. The van der Waals surface area contributed by atoms with E-state index in [0.717, 1.165) is 33.4 Å². The zero-order chi connectivity index (χ0) is 17.2. The molecule has 4 rings (SSSR count). The number of thioether (sulfide) groups is 1. The van der Waals surface area contributed by atoms with Crippen LogP contribution in [0.1, 0.15) is 0 Å². The number of amides is 1. The highest BCUT2D eigenvalue weighted by atomic mass is 32.2. The fourth-order valence-electron chi connectivity index (χ4n) is 2.62. The van der Waals surface area contributed by atoms with Gasteiger partial charge in [0.25, 0.3) is 5.56 Å². The van der Waals surface area contributed by atoms with Gasteiger partial charge in [0.2, 0.25) is 5.91 Å². The maximum absolute atomic E-state index is 12.1. The van der Waals surface area contributed by atoms with Gasteiger partial charge >= 0.3 is 0 Å². The average Bonchev–Trinajstić information content (AvgIpc) is 3.19. The highest BCUT2D eigenvalue weighted by Gasteiger charge is 2.15. The van der Waals surface area contributed by atoms with Gasteiger partial charge in [-0.15, -0.1) is 0 Å². The van der Waals surface area contributed by atoms with E-state index in [1.54, 1.807) is 17.8 Å². The van der Waals surface area contributed by atoms with Crippen molar-refractivity contribution >= 4 is 23.4 Å². The lowest BCUT2D eigenvalue weighted by Gasteiger charge is -2.07. The molecule has 0 unspecified atom stereocenters. The highest BCUT2D eigenvalue weighted by Crippen LogP contribution is 2.29. The third-order valence-electron chi connectivity index (χ3n) is 3.85. The molecule has 0 spiro atoms. The molecule has 0 fully saturated rings. The first-order valence-corrected chi connectivity index (χ1v) is 8.80. The second-order valence-electron chi connectivity index (χ2n) is 5.60. The van der Waals surface area contributed by atoms with E-state index in [0.29, 0.717) is 5.69 Å². The highest BCUT2D eigenvalue weighted by molar-refractivity contribution is 7.99. The van der Waals surface area contributed by atoms with Crippen LogP contribution in [0, 0.1) is 0 Å². The summed E-state index contributed by atoms with van der Waals surface area (Å²) in [6.45, 7) is 0.875. The molecule has 0 bridgehead atoms.